The standard InChI is InChI=1S/C31H39ClN2O6/c1-3-30-15-7-6-10-20-39-29(38)24(30)23-27(36)34(17-8-4-5-9-19-35)26-28(37)33(18-12-16-31(23,26)40-30)25-21(2)13-11-14-22(25)32/h7,11-16,23-24,26,35H,3-6,8-10,17-20H2,1-2H3/b15-7-/t23-,24+,26?,30-,31-/m0/s1. The normalized spacial score (nSPS) is 32.5. The van der Waals surface area contributed by atoms with Crippen molar-refractivity contribution in [3.63, 3.8) is 0 Å². The number of para-hydroxylation sites is 1. The first-order valence-electron chi connectivity index (χ1n) is 14.5. The minimum atomic E-state index is -1.33. The number of fused-ring (bicyclic) bond motifs is 2. The lowest BCUT2D eigenvalue weighted by molar-refractivity contribution is -0.159. The van der Waals surface area contributed by atoms with Gasteiger partial charge in [-0.3, -0.25) is 14.4 Å². The number of hydrogen-bond donors (Lipinski definition) is 1. The van der Waals surface area contributed by atoms with E-state index in [0.717, 1.165) is 24.8 Å². The summed E-state index contributed by atoms with van der Waals surface area (Å²) in [6.45, 7) is 4.86. The molecule has 0 bridgehead atoms. The summed E-state index contributed by atoms with van der Waals surface area (Å²) in [7, 11) is 0. The molecule has 1 unspecified atom stereocenters. The Balaban J connectivity index is 1.62. The van der Waals surface area contributed by atoms with Gasteiger partial charge in [-0.2, -0.15) is 0 Å². The van der Waals surface area contributed by atoms with Gasteiger partial charge in [0, 0.05) is 19.7 Å². The van der Waals surface area contributed by atoms with Crippen LogP contribution in [0.25, 0.3) is 0 Å². The molecular weight excluding hydrogens is 532 g/mol. The number of aliphatic hydroxyl groups excluding tert-OH is 1. The van der Waals surface area contributed by atoms with Crippen LogP contribution in [0.15, 0.2) is 42.5 Å². The van der Waals surface area contributed by atoms with Crippen LogP contribution in [-0.4, -0.2) is 71.3 Å². The van der Waals surface area contributed by atoms with Crippen LogP contribution >= 0.6 is 11.6 Å². The fraction of sp³-hybridized carbons (Fsp3) is 0.581. The van der Waals surface area contributed by atoms with E-state index in [4.69, 9.17) is 21.1 Å². The number of likely N-dealkylation sites (tertiary alicyclic amines) is 1. The summed E-state index contributed by atoms with van der Waals surface area (Å²) < 4.78 is 12.7. The van der Waals surface area contributed by atoms with Crippen molar-refractivity contribution in [3.8, 4) is 0 Å². The minimum Gasteiger partial charge on any atom is -0.465 e. The van der Waals surface area contributed by atoms with Gasteiger partial charge in [-0.05, 0) is 50.7 Å². The predicted molar refractivity (Wildman–Crippen MR) is 152 cm³/mol. The smallest absolute Gasteiger partial charge is 0.313 e. The number of nitrogens with zero attached hydrogens (tertiary/aromatic N) is 2. The Labute approximate surface area is 240 Å². The molecule has 4 aliphatic heterocycles. The van der Waals surface area contributed by atoms with Crippen molar-refractivity contribution in [1.29, 1.82) is 0 Å². The van der Waals surface area contributed by atoms with Gasteiger partial charge in [0.25, 0.3) is 5.91 Å². The third-order valence-electron chi connectivity index (χ3n) is 8.90. The number of aliphatic hydroxyl groups is 1. The molecule has 2 fully saturated rings. The maximum atomic E-state index is 14.6. The third-order valence-corrected chi connectivity index (χ3v) is 9.20. The number of ether oxygens (including phenoxy) is 2. The zero-order valence-corrected chi connectivity index (χ0v) is 24.1. The second kappa shape index (κ2) is 11.7. The number of benzene rings is 1. The second-order valence-electron chi connectivity index (χ2n) is 11.3. The van der Waals surface area contributed by atoms with Crippen molar-refractivity contribution in [2.75, 3.05) is 31.2 Å². The Hall–Kier alpha value is -2.68. The van der Waals surface area contributed by atoms with Crippen molar-refractivity contribution in [1.82, 2.24) is 4.90 Å². The van der Waals surface area contributed by atoms with Crippen LogP contribution in [0.2, 0.25) is 5.02 Å². The monoisotopic (exact) mass is 570 g/mol. The average molecular weight is 571 g/mol. The van der Waals surface area contributed by atoms with Gasteiger partial charge < -0.3 is 24.4 Å². The first kappa shape index (κ1) is 28.8. The molecule has 0 radical (unpaired) electrons. The fourth-order valence-electron chi connectivity index (χ4n) is 7.03. The van der Waals surface area contributed by atoms with E-state index in [1.54, 1.807) is 15.9 Å². The molecule has 40 heavy (non-hydrogen) atoms. The van der Waals surface area contributed by atoms with Gasteiger partial charge in [0.1, 0.15) is 23.2 Å². The lowest BCUT2D eigenvalue weighted by atomic mass is 9.73. The lowest BCUT2D eigenvalue weighted by Crippen LogP contribution is -2.56. The molecule has 8 nitrogen and oxygen atoms in total. The first-order valence-corrected chi connectivity index (χ1v) is 14.9. The van der Waals surface area contributed by atoms with Gasteiger partial charge in [-0.1, -0.05) is 67.8 Å². The molecule has 9 heteroatoms. The second-order valence-corrected chi connectivity index (χ2v) is 11.7. The molecule has 1 spiro atoms. The minimum absolute atomic E-state index is 0.121. The van der Waals surface area contributed by atoms with E-state index >= 15 is 0 Å². The maximum absolute atomic E-state index is 14.6. The summed E-state index contributed by atoms with van der Waals surface area (Å²) in [6, 6.07) is 4.55. The van der Waals surface area contributed by atoms with Gasteiger partial charge in [-0.15, -0.1) is 0 Å². The van der Waals surface area contributed by atoms with Crippen LogP contribution in [-0.2, 0) is 23.9 Å². The summed E-state index contributed by atoms with van der Waals surface area (Å²) in [4.78, 5) is 45.9. The van der Waals surface area contributed by atoms with Crippen LogP contribution in [0.5, 0.6) is 0 Å². The Morgan fingerprint density at radius 2 is 1.85 bits per heavy atom. The first-order chi connectivity index (χ1) is 19.3. The molecule has 1 aromatic rings. The van der Waals surface area contributed by atoms with Crippen molar-refractivity contribution in [2.24, 2.45) is 11.8 Å². The quantitative estimate of drug-likeness (QED) is 0.283. The van der Waals surface area contributed by atoms with Gasteiger partial charge >= 0.3 is 5.97 Å². The zero-order valence-electron chi connectivity index (χ0n) is 23.3. The molecule has 1 N–H and O–H groups in total. The molecule has 0 aromatic heterocycles. The van der Waals surface area contributed by atoms with E-state index < -0.39 is 35.0 Å². The SMILES string of the molecule is CC[C@]12/C=C\CCCOC(=O)[C@H]1[C@H]1C(=O)N(CCCCCCO)C3C(=O)N(c4c(C)cccc4Cl)CC=C[C@@]31O2. The molecule has 1 aromatic carbocycles. The van der Waals surface area contributed by atoms with Crippen molar-refractivity contribution in [3.05, 3.63) is 53.1 Å². The Bertz CT molecular complexity index is 1200. The number of esters is 1. The third kappa shape index (κ3) is 4.68. The molecule has 4 aliphatic rings. The Kier molecular flexibility index (Phi) is 8.41. The summed E-state index contributed by atoms with van der Waals surface area (Å²) in [6.07, 6.45) is 12.5. The molecule has 5 atom stereocenters. The molecule has 216 valence electrons. The highest BCUT2D eigenvalue weighted by Crippen LogP contribution is 2.58. The number of amides is 2. The number of halogens is 1. The number of rotatable bonds is 8. The van der Waals surface area contributed by atoms with Crippen LogP contribution < -0.4 is 4.90 Å². The number of carbonyl (C=O) groups excluding carboxylic acids is 3. The number of unbranched alkanes of at least 4 members (excludes halogenated alkanes) is 3. The molecule has 2 saturated heterocycles. The summed E-state index contributed by atoms with van der Waals surface area (Å²) in [5, 5.41) is 9.63. The van der Waals surface area contributed by atoms with Crippen LogP contribution in [0.3, 0.4) is 0 Å². The fourth-order valence-corrected chi connectivity index (χ4v) is 7.35. The number of cyclic esters (lactones) is 1. The number of anilines is 1. The van der Waals surface area contributed by atoms with Gasteiger partial charge in [-0.25, -0.2) is 0 Å². The topological polar surface area (TPSA) is 96.4 Å². The van der Waals surface area contributed by atoms with E-state index in [-0.39, 0.29) is 31.6 Å². The van der Waals surface area contributed by atoms with E-state index in [1.807, 2.05) is 50.3 Å². The van der Waals surface area contributed by atoms with Gasteiger partial charge in [0.15, 0.2) is 0 Å². The van der Waals surface area contributed by atoms with E-state index in [2.05, 4.69) is 0 Å². The predicted octanol–water partition coefficient (Wildman–Crippen LogP) is 4.36. The van der Waals surface area contributed by atoms with Crippen LogP contribution in [0.1, 0.15) is 57.4 Å². The molecule has 2 amide bonds. The number of carbonyl (C=O) groups is 3. The van der Waals surface area contributed by atoms with E-state index in [0.29, 0.717) is 42.9 Å². The highest BCUT2D eigenvalue weighted by atomic mass is 35.5. The highest BCUT2D eigenvalue weighted by Gasteiger charge is 2.75. The number of aryl methyl sites for hydroxylation is 1. The largest absolute Gasteiger partial charge is 0.465 e. The van der Waals surface area contributed by atoms with Gasteiger partial charge in [0.05, 0.1) is 23.2 Å². The summed E-state index contributed by atoms with van der Waals surface area (Å²) >= 11 is 6.63. The zero-order chi connectivity index (χ0) is 28.5. The Morgan fingerprint density at radius 3 is 2.60 bits per heavy atom. The highest BCUT2D eigenvalue weighted by molar-refractivity contribution is 6.34. The molecule has 0 saturated carbocycles. The van der Waals surface area contributed by atoms with Crippen LogP contribution in [0, 0.1) is 18.8 Å². The van der Waals surface area contributed by atoms with Gasteiger partial charge in [0.2, 0.25) is 5.91 Å². The Morgan fingerprint density at radius 1 is 1.05 bits per heavy atom. The molecule has 0 aliphatic carbocycles. The van der Waals surface area contributed by atoms with E-state index in [9.17, 15) is 19.5 Å². The van der Waals surface area contributed by atoms with E-state index in [1.165, 1.54) is 0 Å². The number of allylic oxidation sites excluding steroid dienone is 1. The average Bonchev–Trinajstić information content (AvgIpc) is 3.31. The van der Waals surface area contributed by atoms with Crippen molar-refractivity contribution < 1.29 is 29.0 Å². The van der Waals surface area contributed by atoms with Crippen molar-refractivity contribution >= 4 is 35.1 Å². The van der Waals surface area contributed by atoms with Crippen molar-refractivity contribution in [2.45, 2.75) is 76.0 Å². The molecular formula is C31H39ClN2O6. The molecule has 5 rings (SSSR count). The summed E-state index contributed by atoms with van der Waals surface area (Å²) in [5.74, 6) is -2.74. The summed E-state index contributed by atoms with van der Waals surface area (Å²) in [5.41, 5.74) is -0.928. The number of hydrogen-bond acceptors (Lipinski definition) is 6. The molecule has 4 heterocycles. The van der Waals surface area contributed by atoms with Crippen LogP contribution in [0.4, 0.5) is 5.69 Å². The lowest BCUT2D eigenvalue weighted by Gasteiger charge is -2.38. The maximum Gasteiger partial charge on any atom is 0.313 e.